The van der Waals surface area contributed by atoms with E-state index in [2.05, 4.69) is 0 Å². The van der Waals surface area contributed by atoms with Crippen LogP contribution in [0.1, 0.15) is 16.7 Å². The van der Waals surface area contributed by atoms with Crippen LogP contribution < -0.4 is 0 Å². The number of carbonyl (C=O) groups is 2. The maximum absolute atomic E-state index is 12.4. The van der Waals surface area contributed by atoms with Crippen molar-refractivity contribution in [1.82, 2.24) is 4.90 Å². The van der Waals surface area contributed by atoms with Gasteiger partial charge in [0.05, 0.1) is 11.4 Å². The Hall–Kier alpha value is -2.53. The van der Waals surface area contributed by atoms with Crippen LogP contribution >= 0.6 is 11.8 Å². The van der Waals surface area contributed by atoms with E-state index in [1.54, 1.807) is 30.3 Å². The first-order valence-electron chi connectivity index (χ1n) is 7.13. The van der Waals surface area contributed by atoms with Crippen LogP contribution in [0.5, 0.6) is 5.75 Å². The molecule has 0 saturated carbocycles. The maximum atomic E-state index is 12.4. The number of thioether (sulfide) groups is 1. The third-order valence-corrected chi connectivity index (χ3v) is 4.43. The highest BCUT2D eigenvalue weighted by molar-refractivity contribution is 8.18. The Bertz CT molecular complexity index is 779. The first-order chi connectivity index (χ1) is 11.0. The Labute approximate surface area is 138 Å². The van der Waals surface area contributed by atoms with Crippen LogP contribution in [0.25, 0.3) is 6.08 Å². The van der Waals surface area contributed by atoms with Gasteiger partial charge in [-0.3, -0.25) is 14.5 Å². The van der Waals surface area contributed by atoms with Gasteiger partial charge in [-0.1, -0.05) is 42.0 Å². The van der Waals surface area contributed by atoms with Crippen LogP contribution in [0.2, 0.25) is 0 Å². The van der Waals surface area contributed by atoms with E-state index >= 15 is 0 Å². The lowest BCUT2D eigenvalue weighted by Gasteiger charge is -2.12. The van der Waals surface area contributed by atoms with E-state index in [9.17, 15) is 14.7 Å². The Morgan fingerprint density at radius 1 is 1.04 bits per heavy atom. The molecule has 2 aromatic rings. The molecule has 4 nitrogen and oxygen atoms in total. The summed E-state index contributed by atoms with van der Waals surface area (Å²) >= 11 is 0.939. The monoisotopic (exact) mass is 325 g/mol. The van der Waals surface area contributed by atoms with Crippen molar-refractivity contribution in [3.63, 3.8) is 0 Å². The smallest absolute Gasteiger partial charge is 0.293 e. The van der Waals surface area contributed by atoms with Gasteiger partial charge >= 0.3 is 0 Å². The zero-order chi connectivity index (χ0) is 16.4. The van der Waals surface area contributed by atoms with Gasteiger partial charge in [0.1, 0.15) is 5.75 Å². The highest BCUT2D eigenvalue weighted by Crippen LogP contribution is 2.33. The average molecular weight is 325 g/mol. The van der Waals surface area contributed by atoms with E-state index in [0.29, 0.717) is 4.91 Å². The summed E-state index contributed by atoms with van der Waals surface area (Å²) in [6, 6.07) is 14.2. The second-order valence-electron chi connectivity index (χ2n) is 5.34. The van der Waals surface area contributed by atoms with Gasteiger partial charge in [-0.25, -0.2) is 0 Å². The topological polar surface area (TPSA) is 57.6 Å². The summed E-state index contributed by atoms with van der Waals surface area (Å²) in [5.41, 5.74) is 2.82. The van der Waals surface area contributed by atoms with Gasteiger partial charge in [-0.05, 0) is 48.0 Å². The molecule has 116 valence electrons. The average Bonchev–Trinajstić information content (AvgIpc) is 2.79. The molecule has 1 saturated heterocycles. The Morgan fingerprint density at radius 2 is 1.70 bits per heavy atom. The molecule has 5 heteroatoms. The summed E-state index contributed by atoms with van der Waals surface area (Å²) in [6.45, 7) is 2.27. The van der Waals surface area contributed by atoms with Crippen molar-refractivity contribution in [1.29, 1.82) is 0 Å². The van der Waals surface area contributed by atoms with Gasteiger partial charge in [-0.2, -0.15) is 0 Å². The van der Waals surface area contributed by atoms with Crippen LogP contribution in [0.3, 0.4) is 0 Å². The number of imide groups is 1. The molecule has 2 aromatic carbocycles. The number of nitrogens with zero attached hydrogens (tertiary/aromatic N) is 1. The number of carbonyl (C=O) groups excluding carboxylic acids is 2. The fourth-order valence-corrected chi connectivity index (χ4v) is 3.07. The minimum atomic E-state index is -0.284. The highest BCUT2D eigenvalue weighted by Gasteiger charge is 2.34. The van der Waals surface area contributed by atoms with Crippen molar-refractivity contribution < 1.29 is 14.7 Å². The molecule has 1 heterocycles. The third kappa shape index (κ3) is 3.46. The Balaban J connectivity index is 1.79. The van der Waals surface area contributed by atoms with E-state index in [1.807, 2.05) is 31.2 Å². The fraction of sp³-hybridized carbons (Fsp3) is 0.111. The van der Waals surface area contributed by atoms with Crippen molar-refractivity contribution >= 4 is 29.0 Å². The lowest BCUT2D eigenvalue weighted by atomic mass is 10.1. The molecular formula is C18H15NO3S. The van der Waals surface area contributed by atoms with Crippen LogP contribution in [0, 0.1) is 6.92 Å². The first kappa shape index (κ1) is 15.4. The van der Waals surface area contributed by atoms with Crippen LogP contribution in [0.4, 0.5) is 4.79 Å². The number of amides is 2. The predicted molar refractivity (Wildman–Crippen MR) is 90.8 cm³/mol. The second-order valence-corrected chi connectivity index (χ2v) is 6.34. The summed E-state index contributed by atoms with van der Waals surface area (Å²) in [5.74, 6) is -0.122. The second kappa shape index (κ2) is 6.30. The van der Waals surface area contributed by atoms with Crippen molar-refractivity contribution in [2.75, 3.05) is 0 Å². The van der Waals surface area contributed by atoms with Crippen LogP contribution in [0.15, 0.2) is 53.4 Å². The summed E-state index contributed by atoms with van der Waals surface area (Å²) in [4.78, 5) is 26.2. The molecule has 0 radical (unpaired) electrons. The molecule has 0 spiro atoms. The minimum Gasteiger partial charge on any atom is -0.508 e. The molecule has 0 aromatic heterocycles. The summed E-state index contributed by atoms with van der Waals surface area (Å²) in [6.07, 6.45) is 1.67. The number of aryl methyl sites for hydroxylation is 1. The lowest BCUT2D eigenvalue weighted by molar-refractivity contribution is -0.123. The molecule has 1 fully saturated rings. The number of phenols is 1. The molecule has 1 N–H and O–H groups in total. The van der Waals surface area contributed by atoms with E-state index in [4.69, 9.17) is 0 Å². The van der Waals surface area contributed by atoms with Gasteiger partial charge in [0.25, 0.3) is 11.1 Å². The van der Waals surface area contributed by atoms with Gasteiger partial charge in [0.2, 0.25) is 0 Å². The standard InChI is InChI=1S/C18H15NO3S/c1-12-2-4-14(5-3-12)11-19-17(21)16(23-18(19)22)10-13-6-8-15(20)9-7-13/h2-10,20H,11H2,1H3/b16-10-. The Kier molecular flexibility index (Phi) is 4.21. The van der Waals surface area contributed by atoms with Gasteiger partial charge in [-0.15, -0.1) is 0 Å². The van der Waals surface area contributed by atoms with Crippen LogP contribution in [-0.4, -0.2) is 21.2 Å². The number of phenolic OH excluding ortho intramolecular Hbond substituents is 1. The highest BCUT2D eigenvalue weighted by atomic mass is 32.2. The number of benzene rings is 2. The van der Waals surface area contributed by atoms with Gasteiger partial charge in [0.15, 0.2) is 0 Å². The molecule has 0 unspecified atom stereocenters. The summed E-state index contributed by atoms with van der Waals surface area (Å²) in [5, 5.41) is 9.02. The molecule has 3 rings (SSSR count). The first-order valence-corrected chi connectivity index (χ1v) is 7.94. The Morgan fingerprint density at radius 3 is 2.35 bits per heavy atom. The normalized spacial score (nSPS) is 16.4. The van der Waals surface area contributed by atoms with Gasteiger partial charge < -0.3 is 5.11 Å². The summed E-state index contributed by atoms with van der Waals surface area (Å²) in [7, 11) is 0. The van der Waals surface area contributed by atoms with Crippen LogP contribution in [-0.2, 0) is 11.3 Å². The van der Waals surface area contributed by atoms with E-state index in [0.717, 1.165) is 28.5 Å². The zero-order valence-corrected chi connectivity index (χ0v) is 13.3. The van der Waals surface area contributed by atoms with Crippen molar-refractivity contribution in [3.8, 4) is 5.75 Å². The van der Waals surface area contributed by atoms with E-state index in [-0.39, 0.29) is 23.4 Å². The zero-order valence-electron chi connectivity index (χ0n) is 12.5. The quantitative estimate of drug-likeness (QED) is 0.869. The molecule has 23 heavy (non-hydrogen) atoms. The third-order valence-electron chi connectivity index (χ3n) is 3.53. The molecule has 0 bridgehead atoms. The number of aromatic hydroxyl groups is 1. The molecule has 0 aliphatic carbocycles. The van der Waals surface area contributed by atoms with Crippen molar-refractivity contribution in [3.05, 3.63) is 70.1 Å². The fourth-order valence-electron chi connectivity index (χ4n) is 2.23. The SMILES string of the molecule is Cc1ccc(CN2C(=O)S/C(=C\c3ccc(O)cc3)C2=O)cc1. The molecule has 1 aliphatic heterocycles. The minimum absolute atomic E-state index is 0.162. The predicted octanol–water partition coefficient (Wildman–Crippen LogP) is 3.94. The maximum Gasteiger partial charge on any atom is 0.293 e. The van der Waals surface area contributed by atoms with E-state index < -0.39 is 0 Å². The number of hydrogen-bond acceptors (Lipinski definition) is 4. The summed E-state index contributed by atoms with van der Waals surface area (Å²) < 4.78 is 0. The molecule has 2 amide bonds. The van der Waals surface area contributed by atoms with Crippen molar-refractivity contribution in [2.45, 2.75) is 13.5 Å². The molecule has 0 atom stereocenters. The van der Waals surface area contributed by atoms with E-state index in [1.165, 1.54) is 4.90 Å². The number of hydrogen-bond donors (Lipinski definition) is 1. The van der Waals surface area contributed by atoms with Crippen molar-refractivity contribution in [2.24, 2.45) is 0 Å². The molecular weight excluding hydrogens is 310 g/mol. The lowest BCUT2D eigenvalue weighted by Crippen LogP contribution is -2.27. The number of rotatable bonds is 3. The largest absolute Gasteiger partial charge is 0.508 e. The molecule has 1 aliphatic rings. The van der Waals surface area contributed by atoms with Gasteiger partial charge in [0, 0.05) is 0 Å².